The lowest BCUT2D eigenvalue weighted by molar-refractivity contribution is -0.134. The number of nitrogens with two attached hydrogens (primary N) is 1. The highest BCUT2D eigenvalue weighted by Crippen LogP contribution is 2.16. The van der Waals surface area contributed by atoms with Crippen LogP contribution >= 0.6 is 0 Å². The number of nitrogens with one attached hydrogen (secondary N) is 1. The number of hydrazone groups is 1. The molecule has 1 saturated heterocycles. The lowest BCUT2D eigenvalue weighted by atomic mass is 9.99. The van der Waals surface area contributed by atoms with Gasteiger partial charge >= 0.3 is 6.03 Å². The van der Waals surface area contributed by atoms with Crippen LogP contribution in [0.2, 0.25) is 0 Å². The van der Waals surface area contributed by atoms with Gasteiger partial charge in [0.2, 0.25) is 0 Å². The van der Waals surface area contributed by atoms with Gasteiger partial charge in [-0.1, -0.05) is 6.92 Å². The molecule has 1 heterocycles. The maximum atomic E-state index is 12.1. The third-order valence-corrected chi connectivity index (χ3v) is 3.77. The number of primary amides is 1. The van der Waals surface area contributed by atoms with Crippen LogP contribution in [0, 0.1) is 5.92 Å². The van der Waals surface area contributed by atoms with Crippen LogP contribution in [-0.2, 0) is 4.79 Å². The topological polar surface area (TPSA) is 97.0 Å². The zero-order valence-corrected chi connectivity index (χ0v) is 13.2. The number of carbonyl (C=O) groups is 2. The number of hydrogen-bond acceptors (Lipinski definition) is 4. The summed E-state index contributed by atoms with van der Waals surface area (Å²) in [4.78, 5) is 24.4. The molecular weight excluding hydrogens is 296 g/mol. The van der Waals surface area contributed by atoms with Gasteiger partial charge in [0, 0.05) is 13.1 Å². The molecule has 0 unspecified atom stereocenters. The van der Waals surface area contributed by atoms with Crippen molar-refractivity contribution in [2.75, 3.05) is 19.7 Å². The average Bonchev–Trinajstić information content (AvgIpc) is 2.54. The predicted molar refractivity (Wildman–Crippen MR) is 87.2 cm³/mol. The first kappa shape index (κ1) is 16.8. The van der Waals surface area contributed by atoms with Gasteiger partial charge in [-0.25, -0.2) is 10.2 Å². The van der Waals surface area contributed by atoms with Gasteiger partial charge in [0.1, 0.15) is 5.75 Å². The number of carbonyl (C=O) groups excluding carboxylic acids is 2. The van der Waals surface area contributed by atoms with E-state index in [1.807, 2.05) is 4.90 Å². The van der Waals surface area contributed by atoms with E-state index < -0.39 is 6.03 Å². The van der Waals surface area contributed by atoms with Crippen molar-refractivity contribution in [3.05, 3.63) is 29.8 Å². The molecule has 0 aliphatic carbocycles. The summed E-state index contributed by atoms with van der Waals surface area (Å²) >= 11 is 0. The Balaban J connectivity index is 1.78. The van der Waals surface area contributed by atoms with Gasteiger partial charge < -0.3 is 15.4 Å². The van der Waals surface area contributed by atoms with E-state index in [0.717, 1.165) is 31.5 Å². The van der Waals surface area contributed by atoms with Crippen LogP contribution in [-0.4, -0.2) is 42.7 Å². The first-order valence-electron chi connectivity index (χ1n) is 7.64. The molecule has 1 aliphatic rings. The van der Waals surface area contributed by atoms with Gasteiger partial charge in [0.25, 0.3) is 5.91 Å². The summed E-state index contributed by atoms with van der Waals surface area (Å²) in [5.41, 5.74) is 7.79. The van der Waals surface area contributed by atoms with E-state index in [9.17, 15) is 9.59 Å². The lowest BCUT2D eigenvalue weighted by Crippen LogP contribution is -2.40. The highest BCUT2D eigenvalue weighted by molar-refractivity contribution is 5.81. The predicted octanol–water partition coefficient (Wildman–Crippen LogP) is 1.33. The molecule has 0 bridgehead atoms. The number of amides is 3. The minimum absolute atomic E-state index is 0.0215. The molecule has 124 valence electrons. The van der Waals surface area contributed by atoms with Gasteiger partial charge in [0.05, 0.1) is 6.21 Å². The molecular formula is C16H22N4O3. The standard InChI is InChI=1S/C16H22N4O3/c1-12-6-8-20(9-7-12)15(21)11-23-14-4-2-13(3-5-14)10-18-19-16(17)22/h2-5,10,12H,6-9,11H2,1H3,(H3,17,19,22). The molecule has 1 aromatic rings. The summed E-state index contributed by atoms with van der Waals surface area (Å²) in [6.45, 7) is 3.88. The van der Waals surface area contributed by atoms with Crippen molar-refractivity contribution in [2.45, 2.75) is 19.8 Å². The maximum absolute atomic E-state index is 12.1. The zero-order chi connectivity index (χ0) is 16.7. The average molecular weight is 318 g/mol. The molecule has 2 rings (SSSR count). The molecule has 0 atom stereocenters. The van der Waals surface area contributed by atoms with Crippen LogP contribution in [0.1, 0.15) is 25.3 Å². The largest absolute Gasteiger partial charge is 0.484 e. The first-order chi connectivity index (χ1) is 11.0. The van der Waals surface area contributed by atoms with Crippen LogP contribution in [0.4, 0.5) is 4.79 Å². The van der Waals surface area contributed by atoms with Crippen molar-refractivity contribution < 1.29 is 14.3 Å². The second kappa shape index (κ2) is 8.17. The summed E-state index contributed by atoms with van der Waals surface area (Å²) < 4.78 is 5.52. The molecule has 1 fully saturated rings. The number of benzene rings is 1. The van der Waals surface area contributed by atoms with Crippen molar-refractivity contribution in [3.8, 4) is 5.75 Å². The van der Waals surface area contributed by atoms with E-state index in [0.29, 0.717) is 11.7 Å². The molecule has 1 aliphatic heterocycles. The molecule has 0 spiro atoms. The van der Waals surface area contributed by atoms with E-state index in [1.54, 1.807) is 24.3 Å². The quantitative estimate of drug-likeness (QED) is 0.633. The number of hydrogen-bond donors (Lipinski definition) is 2. The van der Waals surface area contributed by atoms with Gasteiger partial charge in [-0.05, 0) is 48.6 Å². The molecule has 7 heteroatoms. The van der Waals surface area contributed by atoms with Crippen LogP contribution in [0.3, 0.4) is 0 Å². The van der Waals surface area contributed by atoms with Gasteiger partial charge in [-0.3, -0.25) is 4.79 Å². The van der Waals surface area contributed by atoms with E-state index in [1.165, 1.54) is 6.21 Å². The zero-order valence-electron chi connectivity index (χ0n) is 13.2. The summed E-state index contributed by atoms with van der Waals surface area (Å²) in [7, 11) is 0. The second-order valence-electron chi connectivity index (χ2n) is 5.66. The Labute approximate surface area is 135 Å². The van der Waals surface area contributed by atoms with Crippen molar-refractivity contribution in [1.29, 1.82) is 0 Å². The molecule has 0 aromatic heterocycles. The first-order valence-corrected chi connectivity index (χ1v) is 7.64. The maximum Gasteiger partial charge on any atom is 0.332 e. The highest BCUT2D eigenvalue weighted by atomic mass is 16.5. The Morgan fingerprint density at radius 2 is 2.00 bits per heavy atom. The van der Waals surface area contributed by atoms with Gasteiger partial charge in [-0.2, -0.15) is 5.10 Å². The number of nitrogens with zero attached hydrogens (tertiary/aromatic N) is 2. The minimum Gasteiger partial charge on any atom is -0.484 e. The molecule has 1 aromatic carbocycles. The Bertz CT molecular complexity index is 563. The van der Waals surface area contributed by atoms with Crippen molar-refractivity contribution in [3.63, 3.8) is 0 Å². The monoisotopic (exact) mass is 318 g/mol. The molecule has 3 N–H and O–H groups in total. The third kappa shape index (κ3) is 5.61. The second-order valence-corrected chi connectivity index (χ2v) is 5.66. The molecule has 7 nitrogen and oxygen atoms in total. The van der Waals surface area contributed by atoms with Crippen molar-refractivity contribution >= 4 is 18.2 Å². The number of likely N-dealkylation sites (tertiary alicyclic amines) is 1. The van der Waals surface area contributed by atoms with E-state index in [2.05, 4.69) is 17.5 Å². The molecule has 23 heavy (non-hydrogen) atoms. The summed E-state index contributed by atoms with van der Waals surface area (Å²) in [6.07, 6.45) is 3.58. The van der Waals surface area contributed by atoms with Crippen molar-refractivity contribution in [1.82, 2.24) is 10.3 Å². The van der Waals surface area contributed by atoms with Crippen LogP contribution in [0.25, 0.3) is 0 Å². The number of rotatable bonds is 5. The lowest BCUT2D eigenvalue weighted by Gasteiger charge is -2.30. The molecule has 0 radical (unpaired) electrons. The SMILES string of the molecule is CC1CCN(C(=O)COc2ccc(C=NNC(N)=O)cc2)CC1. The van der Waals surface area contributed by atoms with Gasteiger partial charge in [-0.15, -0.1) is 0 Å². The van der Waals surface area contributed by atoms with E-state index in [-0.39, 0.29) is 12.5 Å². The summed E-state index contributed by atoms with van der Waals surface area (Å²) in [6, 6.07) is 6.32. The Kier molecular flexibility index (Phi) is 5.96. The van der Waals surface area contributed by atoms with Crippen LogP contribution in [0.5, 0.6) is 5.75 Å². The van der Waals surface area contributed by atoms with Gasteiger partial charge in [0.15, 0.2) is 6.61 Å². The Hall–Kier alpha value is -2.57. The summed E-state index contributed by atoms with van der Waals surface area (Å²) in [5.74, 6) is 1.33. The minimum atomic E-state index is -0.716. The highest BCUT2D eigenvalue weighted by Gasteiger charge is 2.20. The van der Waals surface area contributed by atoms with Crippen molar-refractivity contribution in [2.24, 2.45) is 16.8 Å². The molecule has 3 amide bonds. The third-order valence-electron chi connectivity index (χ3n) is 3.77. The van der Waals surface area contributed by atoms with E-state index in [4.69, 9.17) is 10.5 Å². The molecule has 0 saturated carbocycles. The fourth-order valence-corrected chi connectivity index (χ4v) is 2.31. The van der Waals surface area contributed by atoms with Crippen LogP contribution < -0.4 is 15.9 Å². The fraction of sp³-hybridized carbons (Fsp3) is 0.438. The van der Waals surface area contributed by atoms with Crippen LogP contribution in [0.15, 0.2) is 29.4 Å². The normalized spacial score (nSPS) is 15.6. The van der Waals surface area contributed by atoms with E-state index >= 15 is 0 Å². The summed E-state index contributed by atoms with van der Waals surface area (Å²) in [5, 5.41) is 3.66. The Morgan fingerprint density at radius 3 is 2.61 bits per heavy atom. The fourth-order valence-electron chi connectivity index (χ4n) is 2.31. The number of urea groups is 1. The smallest absolute Gasteiger partial charge is 0.332 e. The number of ether oxygens (including phenoxy) is 1. The Morgan fingerprint density at radius 1 is 1.35 bits per heavy atom. The number of piperidine rings is 1.